The molecule has 0 bridgehead atoms. The second kappa shape index (κ2) is 4.94. The van der Waals surface area contributed by atoms with E-state index < -0.39 is 0 Å². The van der Waals surface area contributed by atoms with Gasteiger partial charge in [-0.2, -0.15) is 5.10 Å². The predicted molar refractivity (Wildman–Crippen MR) is 58.0 cm³/mol. The minimum Gasteiger partial charge on any atom is -0.282 e. The Morgan fingerprint density at radius 1 is 1.60 bits per heavy atom. The van der Waals surface area contributed by atoms with Crippen LogP contribution in [-0.2, 0) is 0 Å². The molecule has 0 amide bonds. The lowest BCUT2D eigenvalue weighted by atomic mass is 10.0. The second-order valence-electron chi connectivity index (χ2n) is 3.78. The molecule has 15 heavy (non-hydrogen) atoms. The van der Waals surface area contributed by atoms with Crippen molar-refractivity contribution in [1.29, 1.82) is 0 Å². The van der Waals surface area contributed by atoms with E-state index >= 15 is 0 Å². The zero-order valence-electron chi connectivity index (χ0n) is 9.03. The highest BCUT2D eigenvalue weighted by Crippen LogP contribution is 2.27. The highest BCUT2D eigenvalue weighted by Gasteiger charge is 2.24. The fourth-order valence-electron chi connectivity index (χ4n) is 2.05. The molecule has 2 heterocycles. The highest BCUT2D eigenvalue weighted by molar-refractivity contribution is 5.02. The summed E-state index contributed by atoms with van der Waals surface area (Å²) >= 11 is 0. The molecular formula is C11H16N4. The van der Waals surface area contributed by atoms with Crippen LogP contribution >= 0.6 is 0 Å². The summed E-state index contributed by atoms with van der Waals surface area (Å²) in [6, 6.07) is 0.377. The van der Waals surface area contributed by atoms with E-state index in [1.54, 1.807) is 6.33 Å². The third kappa shape index (κ3) is 2.37. The Bertz CT molecular complexity index is 346. The third-order valence-electron chi connectivity index (χ3n) is 2.82. The lowest BCUT2D eigenvalue weighted by molar-refractivity contribution is 0.162. The van der Waals surface area contributed by atoms with Crippen molar-refractivity contribution in [1.82, 2.24) is 20.1 Å². The van der Waals surface area contributed by atoms with Crippen molar-refractivity contribution in [2.45, 2.75) is 32.2 Å². The largest absolute Gasteiger partial charge is 0.282 e. The van der Waals surface area contributed by atoms with Crippen LogP contribution in [-0.4, -0.2) is 33.2 Å². The molecule has 4 nitrogen and oxygen atoms in total. The summed E-state index contributed by atoms with van der Waals surface area (Å²) in [5.41, 5.74) is 0. The number of likely N-dealkylation sites (tertiary alicyclic amines) is 1. The molecule has 1 aromatic heterocycles. The predicted octanol–water partition coefficient (Wildman–Crippen LogP) is 1.35. The molecule has 1 unspecified atom stereocenters. The molecule has 4 heteroatoms. The van der Waals surface area contributed by atoms with Gasteiger partial charge in [0.1, 0.15) is 12.2 Å². The number of piperidine rings is 1. The third-order valence-corrected chi connectivity index (χ3v) is 2.82. The van der Waals surface area contributed by atoms with Gasteiger partial charge in [0.15, 0.2) is 0 Å². The van der Waals surface area contributed by atoms with E-state index in [-0.39, 0.29) is 0 Å². The Morgan fingerprint density at radius 2 is 2.53 bits per heavy atom. The van der Waals surface area contributed by atoms with Gasteiger partial charge < -0.3 is 0 Å². The standard InChI is InChI=1S/C11H16N4/c1-2-3-7-15-8-5-4-6-10(15)11-12-9-13-14-11/h9-10H,4-8H2,1H3,(H,12,13,14). The van der Waals surface area contributed by atoms with Crippen molar-refractivity contribution < 1.29 is 0 Å². The van der Waals surface area contributed by atoms with Gasteiger partial charge in [-0.1, -0.05) is 12.3 Å². The number of aromatic amines is 1. The first-order chi connectivity index (χ1) is 7.42. The van der Waals surface area contributed by atoms with E-state index in [9.17, 15) is 0 Å². The normalized spacial score (nSPS) is 22.1. The minimum atomic E-state index is 0.377. The number of aromatic nitrogens is 3. The van der Waals surface area contributed by atoms with Crippen LogP contribution in [0.15, 0.2) is 6.33 Å². The number of H-pyrrole nitrogens is 1. The van der Waals surface area contributed by atoms with Gasteiger partial charge in [-0.3, -0.25) is 10.00 Å². The molecule has 1 saturated heterocycles. The SMILES string of the molecule is CC#CCN1CCCCC1c1ncn[nH]1. The number of nitrogens with zero attached hydrogens (tertiary/aromatic N) is 3. The maximum atomic E-state index is 4.24. The summed E-state index contributed by atoms with van der Waals surface area (Å²) in [4.78, 5) is 6.62. The van der Waals surface area contributed by atoms with Crippen molar-refractivity contribution >= 4 is 0 Å². The second-order valence-corrected chi connectivity index (χ2v) is 3.78. The molecule has 1 aliphatic heterocycles. The van der Waals surface area contributed by atoms with Gasteiger partial charge in [-0.25, -0.2) is 4.98 Å². The maximum Gasteiger partial charge on any atom is 0.141 e. The lowest BCUT2D eigenvalue weighted by Gasteiger charge is -2.32. The van der Waals surface area contributed by atoms with Crippen LogP contribution in [0.1, 0.15) is 38.1 Å². The molecule has 1 atom stereocenters. The quantitative estimate of drug-likeness (QED) is 0.740. The highest BCUT2D eigenvalue weighted by atomic mass is 15.3. The molecule has 1 N–H and O–H groups in total. The van der Waals surface area contributed by atoms with E-state index in [1.165, 1.54) is 12.8 Å². The Kier molecular flexibility index (Phi) is 3.36. The molecule has 1 aliphatic rings. The van der Waals surface area contributed by atoms with Gasteiger partial charge in [-0.05, 0) is 26.3 Å². The van der Waals surface area contributed by atoms with Gasteiger partial charge in [0.2, 0.25) is 0 Å². The molecule has 0 aromatic carbocycles. The molecule has 0 radical (unpaired) electrons. The lowest BCUT2D eigenvalue weighted by Crippen LogP contribution is -2.34. The molecule has 1 fully saturated rings. The summed E-state index contributed by atoms with van der Waals surface area (Å²) in [5.74, 6) is 7.05. The number of hydrogen-bond acceptors (Lipinski definition) is 3. The molecule has 0 saturated carbocycles. The topological polar surface area (TPSA) is 44.8 Å². The molecule has 1 aromatic rings. The molecule has 0 spiro atoms. The average Bonchev–Trinajstić information content (AvgIpc) is 2.80. The van der Waals surface area contributed by atoms with E-state index in [4.69, 9.17) is 0 Å². The van der Waals surface area contributed by atoms with Gasteiger partial charge in [0.25, 0.3) is 0 Å². The summed E-state index contributed by atoms with van der Waals surface area (Å²) in [6.07, 6.45) is 5.26. The van der Waals surface area contributed by atoms with E-state index in [0.717, 1.165) is 25.3 Å². The number of hydrogen-bond donors (Lipinski definition) is 1. The van der Waals surface area contributed by atoms with E-state index in [0.29, 0.717) is 6.04 Å². The van der Waals surface area contributed by atoms with Crippen molar-refractivity contribution in [3.05, 3.63) is 12.2 Å². The van der Waals surface area contributed by atoms with Crippen molar-refractivity contribution in [2.24, 2.45) is 0 Å². The van der Waals surface area contributed by atoms with Gasteiger partial charge in [0, 0.05) is 0 Å². The van der Waals surface area contributed by atoms with Crippen LogP contribution in [0.4, 0.5) is 0 Å². The van der Waals surface area contributed by atoms with Crippen molar-refractivity contribution in [2.75, 3.05) is 13.1 Å². The van der Waals surface area contributed by atoms with Crippen molar-refractivity contribution in [3.8, 4) is 11.8 Å². The average molecular weight is 204 g/mol. The molecular weight excluding hydrogens is 188 g/mol. The van der Waals surface area contributed by atoms with E-state index in [2.05, 4.69) is 31.9 Å². The first kappa shape index (κ1) is 10.2. The van der Waals surface area contributed by atoms with Crippen LogP contribution in [0.3, 0.4) is 0 Å². The maximum absolute atomic E-state index is 4.24. The summed E-state index contributed by atoms with van der Waals surface area (Å²) < 4.78 is 0. The fourth-order valence-corrected chi connectivity index (χ4v) is 2.05. The van der Waals surface area contributed by atoms with Gasteiger partial charge in [-0.15, -0.1) is 5.92 Å². The van der Waals surface area contributed by atoms with Crippen LogP contribution in [0.25, 0.3) is 0 Å². The van der Waals surface area contributed by atoms with Crippen LogP contribution in [0, 0.1) is 11.8 Å². The summed E-state index contributed by atoms with van der Waals surface area (Å²) in [5, 5.41) is 6.88. The molecule has 0 aliphatic carbocycles. The minimum absolute atomic E-state index is 0.377. The first-order valence-corrected chi connectivity index (χ1v) is 5.40. The Labute approximate surface area is 90.1 Å². The van der Waals surface area contributed by atoms with E-state index in [1.807, 2.05) is 6.92 Å². The van der Waals surface area contributed by atoms with Crippen molar-refractivity contribution in [3.63, 3.8) is 0 Å². The summed E-state index contributed by atoms with van der Waals surface area (Å²) in [7, 11) is 0. The van der Waals surface area contributed by atoms with Crippen LogP contribution in [0.2, 0.25) is 0 Å². The number of nitrogens with one attached hydrogen (secondary N) is 1. The first-order valence-electron chi connectivity index (χ1n) is 5.40. The fraction of sp³-hybridized carbons (Fsp3) is 0.636. The number of rotatable bonds is 2. The zero-order chi connectivity index (χ0) is 10.5. The summed E-state index contributed by atoms with van der Waals surface area (Å²) in [6.45, 7) is 3.83. The zero-order valence-corrected chi connectivity index (χ0v) is 9.03. The Morgan fingerprint density at radius 3 is 3.27 bits per heavy atom. The van der Waals surface area contributed by atoms with Gasteiger partial charge >= 0.3 is 0 Å². The Hall–Kier alpha value is -1.34. The Balaban J connectivity index is 2.08. The van der Waals surface area contributed by atoms with Gasteiger partial charge in [0.05, 0.1) is 12.6 Å². The van der Waals surface area contributed by atoms with Crippen LogP contribution in [0.5, 0.6) is 0 Å². The smallest absolute Gasteiger partial charge is 0.141 e. The van der Waals surface area contributed by atoms with Crippen LogP contribution < -0.4 is 0 Å². The monoisotopic (exact) mass is 204 g/mol. The molecule has 2 rings (SSSR count). The molecule has 80 valence electrons.